The first kappa shape index (κ1) is 25.5. The summed E-state index contributed by atoms with van der Waals surface area (Å²) in [6.45, 7) is 5.62. The van der Waals surface area contributed by atoms with Crippen LogP contribution in [0.5, 0.6) is 0 Å². The van der Waals surface area contributed by atoms with Gasteiger partial charge in [0.25, 0.3) is 0 Å². The fourth-order valence-electron chi connectivity index (χ4n) is 2.71. The Bertz CT molecular complexity index is 1020. The summed E-state index contributed by atoms with van der Waals surface area (Å²) in [6.07, 6.45) is 1.65. The topological polar surface area (TPSA) is 134 Å². The third-order valence-corrected chi connectivity index (χ3v) is 6.20. The number of carbonyl (C=O) groups excluding carboxylic acids is 1. The highest BCUT2D eigenvalue weighted by Gasteiger charge is 2.22. The maximum absolute atomic E-state index is 12.8. The molecular weight excluding hydrogens is 506 g/mol. The number of Topliss-reactive ketones (excluding diaryl/α,β-unsaturated/α-hetero) is 1. The van der Waals surface area contributed by atoms with Gasteiger partial charge in [0.05, 0.1) is 24.2 Å². The van der Waals surface area contributed by atoms with E-state index >= 15 is 0 Å². The van der Waals surface area contributed by atoms with E-state index in [1.165, 1.54) is 0 Å². The number of hydrogen-bond acceptors (Lipinski definition) is 9. The molecule has 0 spiro atoms. The number of nitrogens with one attached hydrogen (secondary N) is 2. The highest BCUT2D eigenvalue weighted by molar-refractivity contribution is 9.10. The Morgan fingerprint density at radius 2 is 1.81 bits per heavy atom. The van der Waals surface area contributed by atoms with Gasteiger partial charge in [0.2, 0.25) is 21.9 Å². The summed E-state index contributed by atoms with van der Waals surface area (Å²) in [4.78, 5) is 25.4. The fourth-order valence-corrected chi connectivity index (χ4v) is 4.44. The van der Waals surface area contributed by atoms with Crippen LogP contribution in [0.2, 0.25) is 0 Å². The number of sulfonamides is 1. The largest absolute Gasteiger partial charge is 0.394 e. The average Bonchev–Trinajstić information content (AvgIpc) is 2.65. The lowest BCUT2D eigenvalue weighted by atomic mass is 10.0. The molecule has 0 saturated carbocycles. The first-order chi connectivity index (χ1) is 14.5. The van der Waals surface area contributed by atoms with Crippen LogP contribution in [-0.4, -0.2) is 58.4 Å². The van der Waals surface area contributed by atoms with Crippen molar-refractivity contribution in [2.75, 3.05) is 22.9 Å². The monoisotopic (exact) mass is 531 g/mol. The van der Waals surface area contributed by atoms with Crippen LogP contribution in [0, 0.1) is 5.92 Å². The second-order valence-electron chi connectivity index (χ2n) is 7.40. The third-order valence-electron chi connectivity index (χ3n) is 3.99. The fraction of sp³-hybridized carbons (Fsp3) is 0.474. The minimum Gasteiger partial charge on any atom is -0.394 e. The van der Waals surface area contributed by atoms with Crippen molar-refractivity contribution in [2.24, 2.45) is 5.92 Å². The molecule has 2 aromatic rings. The Balaban J connectivity index is 2.30. The number of halogens is 1. The van der Waals surface area contributed by atoms with Crippen molar-refractivity contribution in [3.8, 4) is 0 Å². The molecule has 3 N–H and O–H groups in total. The molecule has 2 rings (SSSR count). The summed E-state index contributed by atoms with van der Waals surface area (Å²) < 4.78 is 26.2. The molecule has 170 valence electrons. The Hall–Kier alpha value is -1.76. The Kier molecular flexibility index (Phi) is 9.22. The molecule has 2 atom stereocenters. The van der Waals surface area contributed by atoms with Crippen LogP contribution in [0.3, 0.4) is 0 Å². The van der Waals surface area contributed by atoms with Crippen LogP contribution in [0.15, 0.2) is 33.9 Å². The molecule has 1 heterocycles. The molecule has 0 radical (unpaired) electrons. The van der Waals surface area contributed by atoms with Crippen molar-refractivity contribution >= 4 is 55.4 Å². The van der Waals surface area contributed by atoms with Crippen molar-refractivity contribution in [2.45, 2.75) is 43.6 Å². The number of aliphatic hydroxyl groups is 1. The zero-order valence-electron chi connectivity index (χ0n) is 17.7. The van der Waals surface area contributed by atoms with Crippen LogP contribution in [0.4, 0.5) is 11.9 Å². The molecule has 12 heteroatoms. The Morgan fingerprint density at radius 1 is 1.16 bits per heavy atom. The lowest BCUT2D eigenvalue weighted by Gasteiger charge is -2.19. The summed E-state index contributed by atoms with van der Waals surface area (Å²) in [6, 6.07) is 6.79. The second kappa shape index (κ2) is 11.2. The number of aromatic nitrogens is 3. The molecule has 0 fully saturated rings. The summed E-state index contributed by atoms with van der Waals surface area (Å²) in [5.41, 5.74) is 0.529. The van der Waals surface area contributed by atoms with Gasteiger partial charge in [0.15, 0.2) is 10.9 Å². The molecule has 1 aromatic heterocycles. The van der Waals surface area contributed by atoms with Crippen molar-refractivity contribution in [3.05, 3.63) is 34.3 Å². The molecule has 0 amide bonds. The van der Waals surface area contributed by atoms with Gasteiger partial charge in [-0.25, -0.2) is 8.42 Å². The smallest absolute Gasteiger partial charge is 0.242 e. The second-order valence-corrected chi connectivity index (χ2v) is 11.3. The van der Waals surface area contributed by atoms with Gasteiger partial charge in [-0.05, 0) is 25.3 Å². The first-order valence-electron chi connectivity index (χ1n) is 9.55. The number of nitrogens with zero attached hydrogens (tertiary/aromatic N) is 3. The number of ketones is 1. The van der Waals surface area contributed by atoms with Crippen molar-refractivity contribution in [3.63, 3.8) is 0 Å². The van der Waals surface area contributed by atoms with Gasteiger partial charge >= 0.3 is 0 Å². The van der Waals surface area contributed by atoms with Gasteiger partial charge in [-0.3, -0.25) is 9.52 Å². The van der Waals surface area contributed by atoms with E-state index < -0.39 is 15.3 Å². The van der Waals surface area contributed by atoms with E-state index in [0.29, 0.717) is 22.4 Å². The zero-order valence-corrected chi connectivity index (χ0v) is 20.9. The molecule has 0 aliphatic rings. The van der Waals surface area contributed by atoms with Gasteiger partial charge < -0.3 is 10.4 Å². The number of thioether (sulfide) groups is 1. The molecular formula is C19H26BrN5O4S2. The predicted molar refractivity (Wildman–Crippen MR) is 126 cm³/mol. The zero-order chi connectivity index (χ0) is 23.2. The summed E-state index contributed by atoms with van der Waals surface area (Å²) in [7, 11) is -3.62. The lowest BCUT2D eigenvalue weighted by molar-refractivity contribution is 0.0993. The maximum Gasteiger partial charge on any atom is 0.242 e. The number of anilines is 2. The molecule has 0 aliphatic carbocycles. The van der Waals surface area contributed by atoms with Crippen LogP contribution in [0.25, 0.3) is 0 Å². The highest BCUT2D eigenvalue weighted by atomic mass is 79.9. The lowest BCUT2D eigenvalue weighted by Crippen LogP contribution is -2.27. The quantitative estimate of drug-likeness (QED) is 0.295. The highest BCUT2D eigenvalue weighted by Crippen LogP contribution is 2.27. The Morgan fingerprint density at radius 3 is 2.39 bits per heavy atom. The molecule has 1 unspecified atom stereocenters. The molecule has 31 heavy (non-hydrogen) atoms. The molecule has 1 aromatic carbocycles. The van der Waals surface area contributed by atoms with E-state index in [0.717, 1.165) is 18.0 Å². The van der Waals surface area contributed by atoms with E-state index in [1.807, 2.05) is 19.9 Å². The summed E-state index contributed by atoms with van der Waals surface area (Å²) in [5, 5.41) is 12.3. The predicted octanol–water partition coefficient (Wildman–Crippen LogP) is 3.19. The maximum atomic E-state index is 12.8. The van der Waals surface area contributed by atoms with E-state index in [1.54, 1.807) is 25.1 Å². The molecule has 9 nitrogen and oxygen atoms in total. The van der Waals surface area contributed by atoms with Crippen LogP contribution in [-0.2, 0) is 10.0 Å². The Labute approximate surface area is 195 Å². The number of aliphatic hydroxyl groups excluding tert-OH is 1. The van der Waals surface area contributed by atoms with Crippen LogP contribution in [0.1, 0.15) is 37.6 Å². The average molecular weight is 532 g/mol. The number of carbonyl (C=O) groups is 1. The van der Waals surface area contributed by atoms with Crippen LogP contribution >= 0.6 is 27.7 Å². The van der Waals surface area contributed by atoms with Crippen molar-refractivity contribution < 1.29 is 18.3 Å². The number of benzene rings is 1. The third kappa shape index (κ3) is 8.36. The van der Waals surface area contributed by atoms with Crippen molar-refractivity contribution in [1.29, 1.82) is 0 Å². The van der Waals surface area contributed by atoms with Gasteiger partial charge in [-0.15, -0.1) is 0 Å². The molecule has 0 aliphatic heterocycles. The molecule has 0 saturated heterocycles. The first-order valence-corrected chi connectivity index (χ1v) is 13.1. The minimum atomic E-state index is -3.62. The summed E-state index contributed by atoms with van der Waals surface area (Å²) >= 11 is 4.47. The number of rotatable bonds is 11. The van der Waals surface area contributed by atoms with Crippen LogP contribution < -0.4 is 10.0 Å². The number of hydrogen-bond donors (Lipinski definition) is 3. The van der Waals surface area contributed by atoms with Gasteiger partial charge in [-0.2, -0.15) is 15.0 Å². The SMILES string of the molecule is CC(C)C[C@H](CO)Nc1nc(NS(C)(=O)=O)nc(SC(C)C(=O)c2ccccc2Br)n1. The van der Waals surface area contributed by atoms with Gasteiger partial charge in [0.1, 0.15) is 0 Å². The molecule has 0 bridgehead atoms. The summed E-state index contributed by atoms with van der Waals surface area (Å²) in [5.74, 6) is 0.141. The normalized spacial score (nSPS) is 13.6. The van der Waals surface area contributed by atoms with E-state index in [-0.39, 0.29) is 35.5 Å². The van der Waals surface area contributed by atoms with E-state index in [9.17, 15) is 18.3 Å². The standard InChI is InChI=1S/C19H26BrN5O4S2/c1-11(2)9-13(10-26)21-17-22-18(25-31(4,28)29)24-19(23-17)30-12(3)16(27)14-7-5-6-8-15(14)20/h5-8,11-13,26H,9-10H2,1-4H3,(H2,21,22,23,24,25)/t12?,13-/m1/s1. The minimum absolute atomic E-state index is 0.115. The van der Waals surface area contributed by atoms with Crippen molar-refractivity contribution in [1.82, 2.24) is 15.0 Å². The van der Waals surface area contributed by atoms with Gasteiger partial charge in [-0.1, -0.05) is 59.7 Å². The van der Waals surface area contributed by atoms with Gasteiger partial charge in [0, 0.05) is 10.0 Å². The van der Waals surface area contributed by atoms with E-state index in [4.69, 9.17) is 0 Å². The van der Waals surface area contributed by atoms with E-state index in [2.05, 4.69) is 40.9 Å².